The standard InChI is InChI=1S/C17H25NO/c1-14-6-8-17(9-7-14)13-15-4-3-5-16(12-15)18(2)10-11-19-17/h3-5,12,14H,6-11,13H2,1-2H3. The number of fused-ring (bicyclic) bond motifs is 2. The van der Waals surface area contributed by atoms with E-state index < -0.39 is 0 Å². The van der Waals surface area contributed by atoms with Crippen LogP contribution in [-0.4, -0.2) is 25.8 Å². The van der Waals surface area contributed by atoms with Gasteiger partial charge in [-0.25, -0.2) is 0 Å². The lowest BCUT2D eigenvalue weighted by Gasteiger charge is -2.39. The van der Waals surface area contributed by atoms with Crippen molar-refractivity contribution in [1.29, 1.82) is 0 Å². The molecular weight excluding hydrogens is 234 g/mol. The van der Waals surface area contributed by atoms with E-state index in [0.29, 0.717) is 0 Å². The van der Waals surface area contributed by atoms with E-state index in [1.807, 2.05) is 0 Å². The maximum Gasteiger partial charge on any atom is 0.0723 e. The summed E-state index contributed by atoms with van der Waals surface area (Å²) in [6.07, 6.45) is 6.16. The molecule has 1 aliphatic heterocycles. The highest BCUT2D eigenvalue weighted by Gasteiger charge is 2.35. The predicted molar refractivity (Wildman–Crippen MR) is 79.7 cm³/mol. The first kappa shape index (κ1) is 13.0. The maximum atomic E-state index is 6.37. The van der Waals surface area contributed by atoms with Crippen LogP contribution in [0.25, 0.3) is 0 Å². The molecule has 2 heteroatoms. The van der Waals surface area contributed by atoms with Crippen LogP contribution in [0.4, 0.5) is 5.69 Å². The Bertz CT molecular complexity index is 435. The number of rotatable bonds is 0. The molecule has 2 nitrogen and oxygen atoms in total. The molecule has 1 heterocycles. The third kappa shape index (κ3) is 2.79. The molecule has 1 aromatic carbocycles. The molecule has 0 atom stereocenters. The molecule has 19 heavy (non-hydrogen) atoms. The van der Waals surface area contributed by atoms with Crippen molar-refractivity contribution in [3.63, 3.8) is 0 Å². The van der Waals surface area contributed by atoms with Crippen molar-refractivity contribution in [1.82, 2.24) is 0 Å². The lowest BCUT2D eigenvalue weighted by atomic mass is 9.76. The van der Waals surface area contributed by atoms with E-state index in [4.69, 9.17) is 4.74 Å². The Kier molecular flexibility index (Phi) is 3.53. The van der Waals surface area contributed by atoms with Gasteiger partial charge < -0.3 is 9.64 Å². The van der Waals surface area contributed by atoms with Gasteiger partial charge in [-0.3, -0.25) is 0 Å². The van der Waals surface area contributed by atoms with E-state index in [9.17, 15) is 0 Å². The minimum Gasteiger partial charge on any atom is -0.373 e. The first-order chi connectivity index (χ1) is 9.17. The Morgan fingerprint density at radius 1 is 1.26 bits per heavy atom. The summed E-state index contributed by atoms with van der Waals surface area (Å²) in [6, 6.07) is 8.98. The van der Waals surface area contributed by atoms with Crippen molar-refractivity contribution >= 4 is 5.69 Å². The third-order valence-corrected chi connectivity index (χ3v) is 4.90. The molecule has 1 aromatic rings. The topological polar surface area (TPSA) is 12.5 Å². The van der Waals surface area contributed by atoms with E-state index in [1.165, 1.54) is 36.9 Å². The molecule has 1 fully saturated rings. The molecule has 0 N–H and O–H groups in total. The zero-order valence-electron chi connectivity index (χ0n) is 12.2. The number of hydrogen-bond donors (Lipinski definition) is 0. The molecule has 0 saturated heterocycles. The Morgan fingerprint density at radius 3 is 2.84 bits per heavy atom. The van der Waals surface area contributed by atoms with E-state index >= 15 is 0 Å². The molecule has 0 radical (unpaired) electrons. The molecular formula is C17H25NO. The van der Waals surface area contributed by atoms with Gasteiger partial charge in [0, 0.05) is 25.7 Å². The van der Waals surface area contributed by atoms with Crippen molar-refractivity contribution in [3.8, 4) is 0 Å². The minimum absolute atomic E-state index is 0.107. The summed E-state index contributed by atoms with van der Waals surface area (Å²) >= 11 is 0. The van der Waals surface area contributed by atoms with E-state index in [1.54, 1.807) is 0 Å². The molecule has 1 aliphatic carbocycles. The molecule has 3 rings (SSSR count). The van der Waals surface area contributed by atoms with Crippen LogP contribution in [0.15, 0.2) is 24.3 Å². The predicted octanol–water partition coefficient (Wildman–Crippen LogP) is 3.64. The largest absolute Gasteiger partial charge is 0.373 e. The van der Waals surface area contributed by atoms with Crippen molar-refractivity contribution in [2.75, 3.05) is 25.1 Å². The molecule has 2 bridgehead atoms. The van der Waals surface area contributed by atoms with E-state index in [-0.39, 0.29) is 5.60 Å². The Balaban J connectivity index is 1.86. The van der Waals surface area contributed by atoms with Gasteiger partial charge in [0.25, 0.3) is 0 Å². The van der Waals surface area contributed by atoms with Crippen LogP contribution in [0.3, 0.4) is 0 Å². The first-order valence-electron chi connectivity index (χ1n) is 7.61. The highest BCUT2D eigenvalue weighted by Crippen LogP contribution is 2.38. The van der Waals surface area contributed by atoms with Gasteiger partial charge in [0.15, 0.2) is 0 Å². The maximum absolute atomic E-state index is 6.37. The molecule has 2 aliphatic rings. The summed E-state index contributed by atoms with van der Waals surface area (Å²) in [5, 5.41) is 0. The van der Waals surface area contributed by atoms with E-state index in [2.05, 4.69) is 43.1 Å². The van der Waals surface area contributed by atoms with Gasteiger partial charge in [-0.05, 0) is 49.3 Å². The SMILES string of the molecule is CC1CCC2(CC1)Cc1cccc(c1)N(C)CCO2. The fraction of sp³-hybridized carbons (Fsp3) is 0.647. The van der Waals surface area contributed by atoms with Crippen LogP contribution in [0.5, 0.6) is 0 Å². The summed E-state index contributed by atoms with van der Waals surface area (Å²) in [5.41, 5.74) is 2.86. The second-order valence-corrected chi connectivity index (χ2v) is 6.48. The number of benzene rings is 1. The lowest BCUT2D eigenvalue weighted by Crippen LogP contribution is -2.40. The van der Waals surface area contributed by atoms with Gasteiger partial charge >= 0.3 is 0 Å². The first-order valence-corrected chi connectivity index (χ1v) is 7.61. The van der Waals surface area contributed by atoms with Crippen LogP contribution in [0.1, 0.15) is 38.2 Å². The Morgan fingerprint density at radius 2 is 2.05 bits per heavy atom. The average molecular weight is 259 g/mol. The zero-order valence-corrected chi connectivity index (χ0v) is 12.2. The zero-order chi connectivity index (χ0) is 13.3. The lowest BCUT2D eigenvalue weighted by molar-refractivity contribution is -0.0730. The summed E-state index contributed by atoms with van der Waals surface area (Å²) in [6.45, 7) is 4.21. The van der Waals surface area contributed by atoms with Gasteiger partial charge in [0.1, 0.15) is 0 Å². The molecule has 0 aromatic heterocycles. The molecule has 1 spiro atoms. The second kappa shape index (κ2) is 5.16. The normalized spacial score (nSPS) is 31.7. The van der Waals surface area contributed by atoms with Crippen molar-refractivity contribution in [2.24, 2.45) is 5.92 Å². The molecule has 0 unspecified atom stereocenters. The van der Waals surface area contributed by atoms with Gasteiger partial charge in [0.05, 0.1) is 12.2 Å². The summed E-state index contributed by atoms with van der Waals surface area (Å²) in [7, 11) is 2.16. The highest BCUT2D eigenvalue weighted by molar-refractivity contribution is 5.48. The van der Waals surface area contributed by atoms with Gasteiger partial charge in [0.2, 0.25) is 0 Å². The average Bonchev–Trinajstić information content (AvgIpc) is 2.45. The highest BCUT2D eigenvalue weighted by atomic mass is 16.5. The number of ether oxygens (including phenoxy) is 1. The van der Waals surface area contributed by atoms with E-state index in [0.717, 1.165) is 25.5 Å². The number of hydrogen-bond acceptors (Lipinski definition) is 2. The molecule has 0 amide bonds. The van der Waals surface area contributed by atoms with Crippen LogP contribution in [0, 0.1) is 5.92 Å². The van der Waals surface area contributed by atoms with Crippen molar-refractivity contribution in [2.45, 2.75) is 44.6 Å². The minimum atomic E-state index is 0.107. The second-order valence-electron chi connectivity index (χ2n) is 6.48. The van der Waals surface area contributed by atoms with Crippen LogP contribution < -0.4 is 4.90 Å². The van der Waals surface area contributed by atoms with Crippen LogP contribution >= 0.6 is 0 Å². The number of anilines is 1. The number of nitrogens with zero attached hydrogens (tertiary/aromatic N) is 1. The fourth-order valence-electron chi connectivity index (χ4n) is 3.46. The molecule has 104 valence electrons. The monoisotopic (exact) mass is 259 g/mol. The summed E-state index contributed by atoms with van der Waals surface area (Å²) in [5.74, 6) is 0.871. The number of likely N-dealkylation sites (N-methyl/N-ethyl adjacent to an activating group) is 1. The molecule has 1 saturated carbocycles. The summed E-state index contributed by atoms with van der Waals surface area (Å²) < 4.78 is 6.37. The van der Waals surface area contributed by atoms with Gasteiger partial charge in [-0.15, -0.1) is 0 Å². The van der Waals surface area contributed by atoms with Crippen LogP contribution in [0.2, 0.25) is 0 Å². The quantitative estimate of drug-likeness (QED) is 0.705. The van der Waals surface area contributed by atoms with Crippen molar-refractivity contribution in [3.05, 3.63) is 29.8 Å². The smallest absolute Gasteiger partial charge is 0.0723 e. The Labute approximate surface area is 116 Å². The van der Waals surface area contributed by atoms with Gasteiger partial charge in [-0.1, -0.05) is 19.1 Å². The Hall–Kier alpha value is -1.02. The van der Waals surface area contributed by atoms with Crippen LogP contribution in [-0.2, 0) is 11.2 Å². The van der Waals surface area contributed by atoms with Crippen molar-refractivity contribution < 1.29 is 4.74 Å². The third-order valence-electron chi connectivity index (χ3n) is 4.90. The van der Waals surface area contributed by atoms with Gasteiger partial charge in [-0.2, -0.15) is 0 Å². The fourth-order valence-corrected chi connectivity index (χ4v) is 3.46. The summed E-state index contributed by atoms with van der Waals surface area (Å²) in [4.78, 5) is 2.30.